The number of hydrogen-bond donors (Lipinski definition) is 0. The SMILES string of the molecule is CCCCc1ccc(N(CC#N)C(=O)CCC(=O)OCCC)cc1. The van der Waals surface area contributed by atoms with Crippen molar-refractivity contribution in [3.8, 4) is 6.07 Å². The zero-order chi connectivity index (χ0) is 17.8. The van der Waals surface area contributed by atoms with E-state index in [-0.39, 0.29) is 31.3 Å². The van der Waals surface area contributed by atoms with Gasteiger partial charge in [0.1, 0.15) is 6.54 Å². The van der Waals surface area contributed by atoms with E-state index in [9.17, 15) is 9.59 Å². The maximum atomic E-state index is 12.3. The summed E-state index contributed by atoms with van der Waals surface area (Å²) in [6, 6.07) is 9.69. The highest BCUT2D eigenvalue weighted by Gasteiger charge is 2.17. The van der Waals surface area contributed by atoms with E-state index >= 15 is 0 Å². The van der Waals surface area contributed by atoms with Gasteiger partial charge in [-0.05, 0) is 37.0 Å². The number of anilines is 1. The minimum atomic E-state index is -0.378. The number of rotatable bonds is 10. The van der Waals surface area contributed by atoms with Crippen LogP contribution in [0.1, 0.15) is 51.5 Å². The monoisotopic (exact) mass is 330 g/mol. The summed E-state index contributed by atoms with van der Waals surface area (Å²) in [4.78, 5) is 25.3. The molecule has 24 heavy (non-hydrogen) atoms. The Balaban J connectivity index is 2.66. The second-order valence-electron chi connectivity index (χ2n) is 5.63. The molecular formula is C19H26N2O3. The van der Waals surface area contributed by atoms with E-state index in [2.05, 4.69) is 6.92 Å². The average molecular weight is 330 g/mol. The van der Waals surface area contributed by atoms with Gasteiger partial charge in [-0.25, -0.2) is 0 Å². The highest BCUT2D eigenvalue weighted by molar-refractivity contribution is 5.95. The fourth-order valence-corrected chi connectivity index (χ4v) is 2.25. The molecule has 1 aromatic carbocycles. The molecule has 0 saturated heterocycles. The third-order valence-corrected chi connectivity index (χ3v) is 3.61. The van der Waals surface area contributed by atoms with Crippen LogP contribution in [-0.4, -0.2) is 25.0 Å². The third kappa shape index (κ3) is 6.82. The number of amides is 1. The topological polar surface area (TPSA) is 70.4 Å². The first kappa shape index (κ1) is 19.7. The van der Waals surface area contributed by atoms with Crippen LogP contribution in [0.2, 0.25) is 0 Å². The molecule has 0 spiro atoms. The van der Waals surface area contributed by atoms with Crippen LogP contribution >= 0.6 is 0 Å². The number of unbranched alkanes of at least 4 members (excludes halogenated alkanes) is 1. The lowest BCUT2D eigenvalue weighted by Crippen LogP contribution is -2.31. The van der Waals surface area contributed by atoms with Gasteiger partial charge in [0.25, 0.3) is 0 Å². The van der Waals surface area contributed by atoms with Crippen LogP contribution in [0.4, 0.5) is 5.69 Å². The van der Waals surface area contributed by atoms with Gasteiger partial charge in [0.15, 0.2) is 0 Å². The highest BCUT2D eigenvalue weighted by atomic mass is 16.5. The van der Waals surface area contributed by atoms with E-state index in [0.29, 0.717) is 12.3 Å². The lowest BCUT2D eigenvalue weighted by molar-refractivity contribution is -0.144. The van der Waals surface area contributed by atoms with Crippen molar-refractivity contribution in [2.75, 3.05) is 18.1 Å². The number of ether oxygens (including phenoxy) is 1. The van der Waals surface area contributed by atoms with Crippen molar-refractivity contribution in [1.29, 1.82) is 5.26 Å². The van der Waals surface area contributed by atoms with Crippen molar-refractivity contribution in [3.63, 3.8) is 0 Å². The van der Waals surface area contributed by atoms with E-state index in [1.807, 2.05) is 37.3 Å². The molecule has 0 unspecified atom stereocenters. The van der Waals surface area contributed by atoms with Crippen molar-refractivity contribution in [3.05, 3.63) is 29.8 Å². The Morgan fingerprint density at radius 1 is 1.12 bits per heavy atom. The standard InChI is InChI=1S/C19H26N2O3/c1-3-5-6-16-7-9-17(10-8-16)21(14-13-20)18(22)11-12-19(23)24-15-4-2/h7-10H,3-6,11-12,14-15H2,1-2H3. The van der Waals surface area contributed by atoms with Crippen LogP contribution in [0.15, 0.2) is 24.3 Å². The Labute approximate surface area is 144 Å². The minimum Gasteiger partial charge on any atom is -0.466 e. The molecule has 1 rings (SSSR count). The molecule has 1 amide bonds. The van der Waals surface area contributed by atoms with Gasteiger partial charge in [-0.15, -0.1) is 0 Å². The molecular weight excluding hydrogens is 304 g/mol. The summed E-state index contributed by atoms with van der Waals surface area (Å²) in [5.41, 5.74) is 1.90. The molecule has 0 fully saturated rings. The average Bonchev–Trinajstić information content (AvgIpc) is 2.61. The first-order chi connectivity index (χ1) is 11.6. The van der Waals surface area contributed by atoms with Gasteiger partial charge >= 0.3 is 5.97 Å². The van der Waals surface area contributed by atoms with E-state index in [4.69, 9.17) is 10.00 Å². The lowest BCUT2D eigenvalue weighted by atomic mass is 10.1. The largest absolute Gasteiger partial charge is 0.466 e. The molecule has 0 heterocycles. The maximum absolute atomic E-state index is 12.3. The smallest absolute Gasteiger partial charge is 0.306 e. The molecule has 0 saturated carbocycles. The summed E-state index contributed by atoms with van der Waals surface area (Å²) in [7, 11) is 0. The normalized spacial score (nSPS) is 10.0. The van der Waals surface area contributed by atoms with Gasteiger partial charge in [-0.3, -0.25) is 14.5 Å². The number of nitriles is 1. The summed E-state index contributed by atoms with van der Waals surface area (Å²) in [6.07, 6.45) is 4.10. The van der Waals surface area contributed by atoms with Gasteiger partial charge in [0, 0.05) is 12.1 Å². The van der Waals surface area contributed by atoms with Crippen LogP contribution in [0, 0.1) is 11.3 Å². The first-order valence-electron chi connectivity index (χ1n) is 8.54. The van der Waals surface area contributed by atoms with Crippen molar-refractivity contribution in [2.45, 2.75) is 52.4 Å². The molecule has 0 aliphatic rings. The fourth-order valence-electron chi connectivity index (χ4n) is 2.25. The predicted molar refractivity (Wildman–Crippen MR) is 93.5 cm³/mol. The van der Waals surface area contributed by atoms with Crippen molar-refractivity contribution < 1.29 is 14.3 Å². The number of carbonyl (C=O) groups excluding carboxylic acids is 2. The number of benzene rings is 1. The van der Waals surface area contributed by atoms with Gasteiger partial charge < -0.3 is 4.74 Å². The van der Waals surface area contributed by atoms with Gasteiger partial charge in [0.05, 0.1) is 19.1 Å². The second-order valence-corrected chi connectivity index (χ2v) is 5.63. The molecule has 0 atom stereocenters. The molecule has 0 N–H and O–H groups in total. The van der Waals surface area contributed by atoms with Crippen molar-refractivity contribution >= 4 is 17.6 Å². The second kappa shape index (κ2) is 11.2. The molecule has 0 aromatic heterocycles. The van der Waals surface area contributed by atoms with E-state index in [1.54, 1.807) is 0 Å². The summed E-state index contributed by atoms with van der Waals surface area (Å²) < 4.78 is 4.97. The zero-order valence-electron chi connectivity index (χ0n) is 14.6. The van der Waals surface area contributed by atoms with Crippen LogP contribution in [0.25, 0.3) is 0 Å². The van der Waals surface area contributed by atoms with Crippen LogP contribution in [-0.2, 0) is 20.7 Å². The van der Waals surface area contributed by atoms with E-state index in [1.165, 1.54) is 10.5 Å². The zero-order valence-corrected chi connectivity index (χ0v) is 14.6. The number of carbonyl (C=O) groups is 2. The summed E-state index contributed by atoms with van der Waals surface area (Å²) >= 11 is 0. The van der Waals surface area contributed by atoms with Crippen LogP contribution in [0.3, 0.4) is 0 Å². The Bertz CT molecular complexity index is 561. The summed E-state index contributed by atoms with van der Waals surface area (Å²) in [5, 5.41) is 8.98. The van der Waals surface area contributed by atoms with Crippen LogP contribution < -0.4 is 4.90 Å². The first-order valence-corrected chi connectivity index (χ1v) is 8.54. The van der Waals surface area contributed by atoms with Crippen molar-refractivity contribution in [1.82, 2.24) is 0 Å². The minimum absolute atomic E-state index is 0.0306. The number of esters is 1. The number of aryl methyl sites for hydroxylation is 1. The molecule has 0 radical (unpaired) electrons. The van der Waals surface area contributed by atoms with E-state index < -0.39 is 0 Å². The molecule has 5 nitrogen and oxygen atoms in total. The van der Waals surface area contributed by atoms with Gasteiger partial charge in [-0.2, -0.15) is 5.26 Å². The van der Waals surface area contributed by atoms with Crippen molar-refractivity contribution in [2.24, 2.45) is 0 Å². The molecule has 0 aliphatic heterocycles. The number of nitrogens with zero attached hydrogens (tertiary/aromatic N) is 2. The Hall–Kier alpha value is -2.35. The lowest BCUT2D eigenvalue weighted by Gasteiger charge is -2.20. The quantitative estimate of drug-likeness (QED) is 0.485. The molecule has 5 heteroatoms. The highest BCUT2D eigenvalue weighted by Crippen LogP contribution is 2.18. The van der Waals surface area contributed by atoms with Crippen LogP contribution in [0.5, 0.6) is 0 Å². The Kier molecular flexibility index (Phi) is 9.21. The molecule has 0 bridgehead atoms. The van der Waals surface area contributed by atoms with E-state index in [0.717, 1.165) is 25.7 Å². The third-order valence-electron chi connectivity index (χ3n) is 3.61. The molecule has 1 aromatic rings. The predicted octanol–water partition coefficient (Wildman–Crippen LogP) is 3.62. The molecule has 130 valence electrons. The van der Waals surface area contributed by atoms with Gasteiger partial charge in [-0.1, -0.05) is 32.4 Å². The van der Waals surface area contributed by atoms with Gasteiger partial charge in [0.2, 0.25) is 5.91 Å². The number of hydrogen-bond acceptors (Lipinski definition) is 4. The molecule has 0 aliphatic carbocycles. The summed E-state index contributed by atoms with van der Waals surface area (Å²) in [6.45, 7) is 4.40. The maximum Gasteiger partial charge on any atom is 0.306 e. The Morgan fingerprint density at radius 3 is 2.42 bits per heavy atom. The Morgan fingerprint density at radius 2 is 1.83 bits per heavy atom. The summed E-state index contributed by atoms with van der Waals surface area (Å²) in [5.74, 6) is -0.622. The fraction of sp³-hybridized carbons (Fsp3) is 0.526.